The molecule has 0 unspecified atom stereocenters. The second kappa shape index (κ2) is 8.21. The molecule has 0 atom stereocenters. The van der Waals surface area contributed by atoms with Gasteiger partial charge in [0.25, 0.3) is 0 Å². The predicted octanol–water partition coefficient (Wildman–Crippen LogP) is 0.847. The zero-order chi connectivity index (χ0) is 10.1. The Hall–Kier alpha value is -0.120. The maximum Gasteiger partial charge on any atom is 0.00912 e. The van der Waals surface area contributed by atoms with Gasteiger partial charge < -0.3 is 16.4 Å². The van der Waals surface area contributed by atoms with Gasteiger partial charge in [0.1, 0.15) is 0 Å². The van der Waals surface area contributed by atoms with Gasteiger partial charge in [0.15, 0.2) is 0 Å². The van der Waals surface area contributed by atoms with E-state index in [0.717, 1.165) is 12.6 Å². The Labute approximate surface area is 87.8 Å². The van der Waals surface area contributed by atoms with Crippen molar-refractivity contribution in [1.82, 2.24) is 10.6 Å². The van der Waals surface area contributed by atoms with Crippen LogP contribution in [0.25, 0.3) is 0 Å². The lowest BCUT2D eigenvalue weighted by Gasteiger charge is -2.23. The van der Waals surface area contributed by atoms with Crippen LogP contribution in [0.15, 0.2) is 0 Å². The lowest BCUT2D eigenvalue weighted by Crippen LogP contribution is -2.40. The Morgan fingerprint density at radius 3 is 2.50 bits per heavy atom. The van der Waals surface area contributed by atoms with Gasteiger partial charge in [-0.3, -0.25) is 0 Å². The highest BCUT2D eigenvalue weighted by atomic mass is 15.0. The summed E-state index contributed by atoms with van der Waals surface area (Å²) in [5.41, 5.74) is 5.44. The number of rotatable bonds is 7. The molecule has 1 heterocycles. The van der Waals surface area contributed by atoms with E-state index >= 15 is 0 Å². The van der Waals surface area contributed by atoms with Gasteiger partial charge in [-0.05, 0) is 51.9 Å². The predicted molar refractivity (Wildman–Crippen MR) is 61.4 cm³/mol. The van der Waals surface area contributed by atoms with Gasteiger partial charge >= 0.3 is 0 Å². The highest BCUT2D eigenvalue weighted by Gasteiger charge is 2.10. The van der Waals surface area contributed by atoms with Gasteiger partial charge in [0.05, 0.1) is 0 Å². The van der Waals surface area contributed by atoms with Crippen LogP contribution in [0.2, 0.25) is 0 Å². The molecule has 1 saturated heterocycles. The quantitative estimate of drug-likeness (QED) is 0.533. The van der Waals surface area contributed by atoms with E-state index in [-0.39, 0.29) is 0 Å². The molecule has 0 aliphatic carbocycles. The second-order valence-electron chi connectivity index (χ2n) is 4.18. The molecule has 1 aliphatic heterocycles. The van der Waals surface area contributed by atoms with Crippen LogP contribution >= 0.6 is 0 Å². The van der Waals surface area contributed by atoms with Crippen molar-refractivity contribution in [3.05, 3.63) is 0 Å². The highest BCUT2D eigenvalue weighted by molar-refractivity contribution is 4.73. The number of hydrogen-bond acceptors (Lipinski definition) is 3. The number of nitrogens with two attached hydrogens (primary N) is 1. The molecule has 0 aromatic rings. The van der Waals surface area contributed by atoms with Crippen molar-refractivity contribution in [2.24, 2.45) is 5.73 Å². The van der Waals surface area contributed by atoms with Crippen molar-refractivity contribution in [2.75, 3.05) is 26.2 Å². The van der Waals surface area contributed by atoms with Crippen LogP contribution in [0, 0.1) is 0 Å². The van der Waals surface area contributed by atoms with Crippen LogP contribution < -0.4 is 16.4 Å². The molecule has 14 heavy (non-hydrogen) atoms. The summed E-state index contributed by atoms with van der Waals surface area (Å²) in [6, 6.07) is 0.769. The van der Waals surface area contributed by atoms with Crippen LogP contribution in [0.3, 0.4) is 0 Å². The molecule has 3 heteroatoms. The molecule has 0 aromatic heterocycles. The van der Waals surface area contributed by atoms with Gasteiger partial charge in [-0.25, -0.2) is 0 Å². The molecule has 1 rings (SSSR count). The Bertz CT molecular complexity index is 122. The zero-order valence-corrected chi connectivity index (χ0v) is 9.23. The summed E-state index contributed by atoms with van der Waals surface area (Å²) in [6.07, 6.45) is 7.71. The van der Waals surface area contributed by atoms with Gasteiger partial charge in [-0.15, -0.1) is 0 Å². The van der Waals surface area contributed by atoms with Crippen molar-refractivity contribution in [3.63, 3.8) is 0 Å². The van der Waals surface area contributed by atoms with E-state index < -0.39 is 0 Å². The minimum atomic E-state index is 0.769. The monoisotopic (exact) mass is 199 g/mol. The second-order valence-corrected chi connectivity index (χ2v) is 4.18. The highest BCUT2D eigenvalue weighted by Crippen LogP contribution is 2.03. The topological polar surface area (TPSA) is 50.1 Å². The molecule has 1 fully saturated rings. The van der Waals surface area contributed by atoms with Crippen LogP contribution in [-0.2, 0) is 0 Å². The molecule has 0 bridgehead atoms. The van der Waals surface area contributed by atoms with Crippen molar-refractivity contribution in [3.8, 4) is 0 Å². The Kier molecular flexibility index (Phi) is 7.01. The third-order valence-corrected chi connectivity index (χ3v) is 2.90. The van der Waals surface area contributed by atoms with Crippen LogP contribution in [0.4, 0.5) is 0 Å². The van der Waals surface area contributed by atoms with E-state index in [9.17, 15) is 0 Å². The van der Waals surface area contributed by atoms with Crippen molar-refractivity contribution < 1.29 is 0 Å². The van der Waals surface area contributed by atoms with E-state index in [1.54, 1.807) is 0 Å². The van der Waals surface area contributed by atoms with Crippen molar-refractivity contribution >= 4 is 0 Å². The van der Waals surface area contributed by atoms with Gasteiger partial charge in [0.2, 0.25) is 0 Å². The molecule has 3 nitrogen and oxygen atoms in total. The molecular formula is C11H25N3. The number of nitrogens with one attached hydrogen (secondary N) is 2. The fourth-order valence-corrected chi connectivity index (χ4v) is 1.96. The third-order valence-electron chi connectivity index (χ3n) is 2.90. The van der Waals surface area contributed by atoms with Crippen molar-refractivity contribution in [1.29, 1.82) is 0 Å². The van der Waals surface area contributed by atoms with E-state index in [1.165, 1.54) is 58.2 Å². The van der Waals surface area contributed by atoms with Crippen molar-refractivity contribution in [2.45, 2.75) is 44.6 Å². The smallest absolute Gasteiger partial charge is 0.00912 e. The fraction of sp³-hybridized carbons (Fsp3) is 1.00. The minimum absolute atomic E-state index is 0.769. The summed E-state index contributed by atoms with van der Waals surface area (Å²) in [6.45, 7) is 4.41. The lowest BCUT2D eigenvalue weighted by molar-refractivity contribution is 0.383. The summed E-state index contributed by atoms with van der Waals surface area (Å²) >= 11 is 0. The van der Waals surface area contributed by atoms with Gasteiger partial charge in [-0.2, -0.15) is 0 Å². The Morgan fingerprint density at radius 2 is 1.79 bits per heavy atom. The summed E-state index contributed by atoms with van der Waals surface area (Å²) in [7, 11) is 0. The Balaban J connectivity index is 1.82. The van der Waals surface area contributed by atoms with E-state index in [2.05, 4.69) is 10.6 Å². The summed E-state index contributed by atoms with van der Waals surface area (Å²) < 4.78 is 0. The largest absolute Gasteiger partial charge is 0.330 e. The molecule has 0 amide bonds. The zero-order valence-electron chi connectivity index (χ0n) is 9.23. The molecule has 4 N–H and O–H groups in total. The van der Waals surface area contributed by atoms with Crippen LogP contribution in [-0.4, -0.2) is 32.2 Å². The van der Waals surface area contributed by atoms with Crippen LogP contribution in [0.5, 0.6) is 0 Å². The summed E-state index contributed by atoms with van der Waals surface area (Å²) in [5.74, 6) is 0. The Morgan fingerprint density at radius 1 is 1.07 bits per heavy atom. The SMILES string of the molecule is NCCCCCCNC1CCNCC1. The third kappa shape index (κ3) is 5.58. The fourth-order valence-electron chi connectivity index (χ4n) is 1.96. The maximum atomic E-state index is 5.44. The number of piperidine rings is 1. The maximum absolute atomic E-state index is 5.44. The summed E-state index contributed by atoms with van der Waals surface area (Å²) in [5, 5.41) is 7.01. The average Bonchev–Trinajstić information content (AvgIpc) is 2.25. The van der Waals surface area contributed by atoms with E-state index in [0.29, 0.717) is 0 Å². The molecule has 0 radical (unpaired) electrons. The molecule has 0 aromatic carbocycles. The number of hydrogen-bond donors (Lipinski definition) is 3. The van der Waals surface area contributed by atoms with Gasteiger partial charge in [0, 0.05) is 6.04 Å². The van der Waals surface area contributed by atoms with E-state index in [1.807, 2.05) is 0 Å². The first-order valence-electron chi connectivity index (χ1n) is 6.07. The van der Waals surface area contributed by atoms with Gasteiger partial charge in [-0.1, -0.05) is 12.8 Å². The first-order valence-corrected chi connectivity index (χ1v) is 6.07. The molecule has 84 valence electrons. The molecular weight excluding hydrogens is 174 g/mol. The first-order chi connectivity index (χ1) is 6.93. The lowest BCUT2D eigenvalue weighted by atomic mass is 10.1. The summed E-state index contributed by atoms with van der Waals surface area (Å²) in [4.78, 5) is 0. The number of unbranched alkanes of at least 4 members (excludes halogenated alkanes) is 3. The molecule has 0 saturated carbocycles. The standard InChI is InChI=1S/C11H25N3/c12-7-3-1-2-4-8-14-11-5-9-13-10-6-11/h11,13-14H,1-10,12H2. The molecule has 0 spiro atoms. The molecule has 1 aliphatic rings. The van der Waals surface area contributed by atoms with E-state index in [4.69, 9.17) is 5.73 Å². The normalized spacial score (nSPS) is 18.6. The minimum Gasteiger partial charge on any atom is -0.330 e. The average molecular weight is 199 g/mol. The first kappa shape index (κ1) is 12.0. The van der Waals surface area contributed by atoms with Crippen LogP contribution in [0.1, 0.15) is 38.5 Å².